The number of nitrogens with one attached hydrogen (secondary N) is 2. The highest BCUT2D eigenvalue weighted by Gasteiger charge is 2.41. The van der Waals surface area contributed by atoms with Gasteiger partial charge in [-0.25, -0.2) is 4.99 Å². The molecule has 0 spiro atoms. The smallest absolute Gasteiger partial charge is 0.191 e. The maximum absolute atomic E-state index is 5.92. The number of fused-ring (bicyclic) bond motifs is 2. The SMILES string of the molecule is C=CCOc1ccccc1CN=C(NCC)NC1CC2CCC1O2. The van der Waals surface area contributed by atoms with Crippen molar-refractivity contribution < 1.29 is 9.47 Å². The van der Waals surface area contributed by atoms with Gasteiger partial charge in [0.2, 0.25) is 0 Å². The van der Waals surface area contributed by atoms with Crippen molar-refractivity contribution in [3.63, 3.8) is 0 Å². The predicted molar refractivity (Wildman–Crippen MR) is 96.4 cm³/mol. The second-order valence-corrected chi connectivity index (χ2v) is 6.26. The molecule has 0 radical (unpaired) electrons. The number of rotatable bonds is 7. The summed E-state index contributed by atoms with van der Waals surface area (Å²) in [5.74, 6) is 1.71. The van der Waals surface area contributed by atoms with E-state index in [1.807, 2.05) is 24.3 Å². The fourth-order valence-electron chi connectivity index (χ4n) is 3.37. The molecule has 0 aromatic heterocycles. The highest BCUT2D eigenvalue weighted by molar-refractivity contribution is 5.80. The molecule has 1 aromatic carbocycles. The zero-order valence-corrected chi connectivity index (χ0v) is 14.3. The summed E-state index contributed by atoms with van der Waals surface area (Å²) in [5, 5.41) is 6.87. The van der Waals surface area contributed by atoms with Gasteiger partial charge in [-0.1, -0.05) is 30.9 Å². The molecule has 2 fully saturated rings. The first kappa shape index (κ1) is 16.8. The van der Waals surface area contributed by atoms with Crippen LogP contribution in [0.3, 0.4) is 0 Å². The Bertz CT molecular complexity index is 588. The molecule has 3 atom stereocenters. The minimum atomic E-state index is 0.335. The number of aliphatic imine (C=N–C) groups is 1. The normalized spacial score (nSPS) is 25.5. The first-order valence-electron chi connectivity index (χ1n) is 8.82. The molecule has 2 N–H and O–H groups in total. The Balaban J connectivity index is 1.64. The molecule has 0 saturated carbocycles. The molecular formula is C19H27N3O2. The number of benzene rings is 1. The highest BCUT2D eigenvalue weighted by atomic mass is 16.5. The third-order valence-corrected chi connectivity index (χ3v) is 4.51. The van der Waals surface area contributed by atoms with E-state index in [4.69, 9.17) is 14.5 Å². The number of ether oxygens (including phenoxy) is 2. The van der Waals surface area contributed by atoms with Gasteiger partial charge >= 0.3 is 0 Å². The molecule has 2 bridgehead atoms. The Labute approximate surface area is 144 Å². The Morgan fingerprint density at radius 2 is 2.29 bits per heavy atom. The maximum Gasteiger partial charge on any atom is 0.191 e. The highest BCUT2D eigenvalue weighted by Crippen LogP contribution is 2.34. The molecule has 2 aliphatic rings. The third-order valence-electron chi connectivity index (χ3n) is 4.51. The van der Waals surface area contributed by atoms with Crippen LogP contribution in [0.5, 0.6) is 5.75 Å². The topological polar surface area (TPSA) is 54.9 Å². The Morgan fingerprint density at radius 3 is 3.00 bits per heavy atom. The molecule has 0 amide bonds. The summed E-state index contributed by atoms with van der Waals surface area (Å²) in [6, 6.07) is 8.37. The zero-order valence-electron chi connectivity index (χ0n) is 14.3. The average Bonchev–Trinajstić information content (AvgIpc) is 3.21. The van der Waals surface area contributed by atoms with E-state index in [2.05, 4.69) is 24.1 Å². The standard InChI is InChI=1S/C19H27N3O2/c1-3-11-23-17-8-6-5-7-14(17)13-21-19(20-4-2)22-16-12-15-9-10-18(16)24-15/h3,5-8,15-16,18H,1,4,9-13H2,2H3,(H2,20,21,22). The molecule has 2 aliphatic heterocycles. The van der Waals surface area contributed by atoms with Gasteiger partial charge in [0.15, 0.2) is 5.96 Å². The first-order chi connectivity index (χ1) is 11.8. The zero-order chi connectivity index (χ0) is 16.8. The molecule has 5 heteroatoms. The van der Waals surface area contributed by atoms with E-state index in [9.17, 15) is 0 Å². The van der Waals surface area contributed by atoms with Crippen LogP contribution in [-0.4, -0.2) is 37.4 Å². The second kappa shape index (κ2) is 8.20. The molecule has 5 nitrogen and oxygen atoms in total. The van der Waals surface area contributed by atoms with Crippen LogP contribution in [-0.2, 0) is 11.3 Å². The lowest BCUT2D eigenvalue weighted by atomic mass is 9.96. The van der Waals surface area contributed by atoms with Crippen LogP contribution in [0.15, 0.2) is 41.9 Å². The summed E-state index contributed by atoms with van der Waals surface area (Å²) in [5.41, 5.74) is 1.07. The lowest BCUT2D eigenvalue weighted by Crippen LogP contribution is -2.47. The van der Waals surface area contributed by atoms with Crippen LogP contribution in [0.25, 0.3) is 0 Å². The summed E-state index contributed by atoms with van der Waals surface area (Å²) in [7, 11) is 0. The molecule has 0 aliphatic carbocycles. The Kier molecular flexibility index (Phi) is 5.75. The van der Waals surface area contributed by atoms with Crippen molar-refractivity contribution in [3.05, 3.63) is 42.5 Å². The number of para-hydroxylation sites is 1. The van der Waals surface area contributed by atoms with Crippen molar-refractivity contribution in [2.45, 2.75) is 51.0 Å². The molecule has 3 rings (SSSR count). The van der Waals surface area contributed by atoms with Crippen LogP contribution < -0.4 is 15.4 Å². The van der Waals surface area contributed by atoms with Gasteiger partial charge in [-0.15, -0.1) is 0 Å². The summed E-state index contributed by atoms with van der Waals surface area (Å²) in [4.78, 5) is 4.73. The predicted octanol–water partition coefficient (Wildman–Crippen LogP) is 2.63. The summed E-state index contributed by atoms with van der Waals surface area (Å²) in [6.07, 6.45) is 5.95. The van der Waals surface area contributed by atoms with Gasteiger partial charge in [-0.05, 0) is 32.3 Å². The third kappa shape index (κ3) is 4.09. The lowest BCUT2D eigenvalue weighted by Gasteiger charge is -2.22. The maximum atomic E-state index is 5.92. The van der Waals surface area contributed by atoms with Crippen molar-refractivity contribution in [1.82, 2.24) is 10.6 Å². The van der Waals surface area contributed by atoms with Crippen molar-refractivity contribution in [3.8, 4) is 5.75 Å². The van der Waals surface area contributed by atoms with Gasteiger partial charge in [0.05, 0.1) is 24.8 Å². The van der Waals surface area contributed by atoms with Gasteiger partial charge in [0, 0.05) is 12.1 Å². The molecule has 130 valence electrons. The summed E-state index contributed by atoms with van der Waals surface area (Å²) < 4.78 is 11.6. The molecule has 2 heterocycles. The van der Waals surface area contributed by atoms with E-state index in [0.29, 0.717) is 31.4 Å². The van der Waals surface area contributed by atoms with Crippen molar-refractivity contribution >= 4 is 5.96 Å². The van der Waals surface area contributed by atoms with Crippen LogP contribution >= 0.6 is 0 Å². The minimum absolute atomic E-state index is 0.335. The largest absolute Gasteiger partial charge is 0.489 e. The van der Waals surface area contributed by atoms with E-state index in [-0.39, 0.29) is 0 Å². The fraction of sp³-hybridized carbons (Fsp3) is 0.526. The van der Waals surface area contributed by atoms with Crippen molar-refractivity contribution in [2.24, 2.45) is 4.99 Å². The van der Waals surface area contributed by atoms with Gasteiger partial charge in [-0.3, -0.25) is 0 Å². The van der Waals surface area contributed by atoms with Gasteiger partial charge in [0.1, 0.15) is 12.4 Å². The van der Waals surface area contributed by atoms with Gasteiger partial charge in [-0.2, -0.15) is 0 Å². The average molecular weight is 329 g/mol. The van der Waals surface area contributed by atoms with E-state index < -0.39 is 0 Å². The molecule has 1 aromatic rings. The van der Waals surface area contributed by atoms with E-state index >= 15 is 0 Å². The minimum Gasteiger partial charge on any atom is -0.489 e. The van der Waals surface area contributed by atoms with E-state index in [1.54, 1.807) is 6.08 Å². The van der Waals surface area contributed by atoms with E-state index in [0.717, 1.165) is 36.7 Å². The monoisotopic (exact) mass is 329 g/mol. The van der Waals surface area contributed by atoms with Crippen molar-refractivity contribution in [1.29, 1.82) is 0 Å². The lowest BCUT2D eigenvalue weighted by molar-refractivity contribution is 0.0992. The number of hydrogen-bond acceptors (Lipinski definition) is 3. The van der Waals surface area contributed by atoms with Gasteiger partial charge in [0.25, 0.3) is 0 Å². The van der Waals surface area contributed by atoms with Crippen molar-refractivity contribution in [2.75, 3.05) is 13.2 Å². The number of nitrogens with zero attached hydrogens (tertiary/aromatic N) is 1. The molecule has 24 heavy (non-hydrogen) atoms. The molecule has 3 unspecified atom stereocenters. The second-order valence-electron chi connectivity index (χ2n) is 6.26. The Hall–Kier alpha value is -2.01. The van der Waals surface area contributed by atoms with Crippen LogP contribution in [0.4, 0.5) is 0 Å². The van der Waals surface area contributed by atoms with Gasteiger partial charge < -0.3 is 20.1 Å². The molecule has 2 saturated heterocycles. The quantitative estimate of drug-likeness (QED) is 0.459. The number of guanidine groups is 1. The number of hydrogen-bond donors (Lipinski definition) is 2. The van der Waals surface area contributed by atoms with Crippen LogP contribution in [0.2, 0.25) is 0 Å². The summed E-state index contributed by atoms with van der Waals surface area (Å²) in [6.45, 7) is 7.69. The summed E-state index contributed by atoms with van der Waals surface area (Å²) >= 11 is 0. The van der Waals surface area contributed by atoms with E-state index in [1.165, 1.54) is 6.42 Å². The fourth-order valence-corrected chi connectivity index (χ4v) is 3.37. The first-order valence-corrected chi connectivity index (χ1v) is 8.82. The van der Waals surface area contributed by atoms with Crippen LogP contribution in [0.1, 0.15) is 31.7 Å². The van der Waals surface area contributed by atoms with Crippen LogP contribution in [0, 0.1) is 0 Å². The molecular weight excluding hydrogens is 302 g/mol. The Morgan fingerprint density at radius 1 is 1.42 bits per heavy atom.